The van der Waals surface area contributed by atoms with Crippen molar-refractivity contribution in [2.45, 2.75) is 37.2 Å². The van der Waals surface area contributed by atoms with E-state index in [1.807, 2.05) is 6.92 Å². The molecule has 1 fully saturated rings. The Balaban J connectivity index is 2.04. The molecule has 0 spiro atoms. The summed E-state index contributed by atoms with van der Waals surface area (Å²) in [6.07, 6.45) is 1.70. The van der Waals surface area contributed by atoms with Gasteiger partial charge in [0.25, 0.3) is 0 Å². The van der Waals surface area contributed by atoms with E-state index >= 15 is 0 Å². The van der Waals surface area contributed by atoms with E-state index in [4.69, 9.17) is 4.74 Å². The standard InChI is InChI=1S/C15H23NO4S/c1-2-15(17)13-4-3-5-14(10-13)21(18,19)16-11-12-6-8-20-9-7-12/h3-5,10,12,15-17H,2,6-9,11H2,1H3. The van der Waals surface area contributed by atoms with E-state index in [-0.39, 0.29) is 4.90 Å². The molecule has 0 aliphatic carbocycles. The molecular weight excluding hydrogens is 290 g/mol. The van der Waals surface area contributed by atoms with Crippen molar-refractivity contribution in [1.82, 2.24) is 4.72 Å². The molecule has 0 aromatic heterocycles. The van der Waals surface area contributed by atoms with Crippen LogP contribution in [0.5, 0.6) is 0 Å². The molecule has 21 heavy (non-hydrogen) atoms. The predicted octanol–water partition coefficient (Wildman–Crippen LogP) is 1.83. The van der Waals surface area contributed by atoms with Crippen molar-refractivity contribution in [1.29, 1.82) is 0 Å². The molecule has 118 valence electrons. The zero-order valence-electron chi connectivity index (χ0n) is 12.3. The average Bonchev–Trinajstić information content (AvgIpc) is 2.53. The summed E-state index contributed by atoms with van der Waals surface area (Å²) in [5.41, 5.74) is 0.631. The first-order chi connectivity index (χ1) is 10.0. The van der Waals surface area contributed by atoms with Crippen LogP contribution in [0, 0.1) is 5.92 Å². The van der Waals surface area contributed by atoms with Gasteiger partial charge < -0.3 is 9.84 Å². The average molecular weight is 313 g/mol. The van der Waals surface area contributed by atoms with Crippen molar-refractivity contribution in [3.8, 4) is 0 Å². The Morgan fingerprint density at radius 1 is 1.38 bits per heavy atom. The van der Waals surface area contributed by atoms with Crippen molar-refractivity contribution in [3.05, 3.63) is 29.8 Å². The number of aliphatic hydroxyl groups excluding tert-OH is 1. The minimum atomic E-state index is -3.53. The summed E-state index contributed by atoms with van der Waals surface area (Å²) in [5.74, 6) is 0.331. The lowest BCUT2D eigenvalue weighted by Crippen LogP contribution is -2.32. The van der Waals surface area contributed by atoms with Gasteiger partial charge in [-0.15, -0.1) is 0 Å². The highest BCUT2D eigenvalue weighted by Crippen LogP contribution is 2.20. The summed E-state index contributed by atoms with van der Waals surface area (Å²) < 4.78 is 32.6. The number of nitrogens with one attached hydrogen (secondary N) is 1. The van der Waals surface area contributed by atoms with E-state index in [1.165, 1.54) is 0 Å². The van der Waals surface area contributed by atoms with Gasteiger partial charge in [0.1, 0.15) is 0 Å². The van der Waals surface area contributed by atoms with Crippen molar-refractivity contribution >= 4 is 10.0 Å². The summed E-state index contributed by atoms with van der Waals surface area (Å²) in [6.45, 7) is 3.69. The maximum atomic E-state index is 12.3. The zero-order valence-corrected chi connectivity index (χ0v) is 13.1. The first-order valence-electron chi connectivity index (χ1n) is 7.38. The molecule has 0 amide bonds. The van der Waals surface area contributed by atoms with Gasteiger partial charge in [-0.2, -0.15) is 0 Å². The first-order valence-corrected chi connectivity index (χ1v) is 8.86. The van der Waals surface area contributed by atoms with E-state index < -0.39 is 16.1 Å². The van der Waals surface area contributed by atoms with Gasteiger partial charge in [0.2, 0.25) is 10.0 Å². The largest absolute Gasteiger partial charge is 0.388 e. The van der Waals surface area contributed by atoms with Crippen LogP contribution < -0.4 is 4.72 Å². The minimum absolute atomic E-state index is 0.208. The summed E-state index contributed by atoms with van der Waals surface area (Å²) >= 11 is 0. The molecule has 1 atom stereocenters. The molecule has 1 unspecified atom stereocenters. The fourth-order valence-electron chi connectivity index (χ4n) is 2.39. The lowest BCUT2D eigenvalue weighted by atomic mass is 10.0. The molecule has 5 nitrogen and oxygen atoms in total. The molecule has 0 bridgehead atoms. The summed E-state index contributed by atoms with van der Waals surface area (Å²) in [4.78, 5) is 0.208. The third-order valence-electron chi connectivity index (χ3n) is 3.84. The molecule has 1 aliphatic rings. The molecule has 6 heteroatoms. The number of benzene rings is 1. The van der Waals surface area contributed by atoms with Gasteiger partial charge in [-0.05, 0) is 42.9 Å². The van der Waals surface area contributed by atoms with E-state index in [9.17, 15) is 13.5 Å². The number of sulfonamides is 1. The highest BCUT2D eigenvalue weighted by atomic mass is 32.2. The van der Waals surface area contributed by atoms with E-state index in [1.54, 1.807) is 24.3 Å². The van der Waals surface area contributed by atoms with Crippen LogP contribution >= 0.6 is 0 Å². The van der Waals surface area contributed by atoms with Gasteiger partial charge in [-0.1, -0.05) is 19.1 Å². The van der Waals surface area contributed by atoms with Crippen LogP contribution in [0.3, 0.4) is 0 Å². The van der Waals surface area contributed by atoms with Crippen LogP contribution in [-0.2, 0) is 14.8 Å². The molecule has 1 saturated heterocycles. The second kappa shape index (κ2) is 7.35. The Morgan fingerprint density at radius 2 is 2.10 bits per heavy atom. The SMILES string of the molecule is CCC(O)c1cccc(S(=O)(=O)NCC2CCOCC2)c1. The highest BCUT2D eigenvalue weighted by molar-refractivity contribution is 7.89. The van der Waals surface area contributed by atoms with Crippen molar-refractivity contribution in [2.75, 3.05) is 19.8 Å². The van der Waals surface area contributed by atoms with E-state index in [0.29, 0.717) is 37.7 Å². The predicted molar refractivity (Wildman–Crippen MR) is 80.4 cm³/mol. The number of aliphatic hydroxyl groups is 1. The Bertz CT molecular complexity index is 553. The smallest absolute Gasteiger partial charge is 0.240 e. The number of hydrogen-bond acceptors (Lipinski definition) is 4. The molecule has 2 N–H and O–H groups in total. The minimum Gasteiger partial charge on any atom is -0.388 e. The molecule has 0 radical (unpaired) electrons. The number of hydrogen-bond donors (Lipinski definition) is 2. The van der Waals surface area contributed by atoms with Crippen LogP contribution in [-0.4, -0.2) is 33.3 Å². The maximum Gasteiger partial charge on any atom is 0.240 e. The van der Waals surface area contributed by atoms with Crippen LogP contribution in [0.4, 0.5) is 0 Å². The van der Waals surface area contributed by atoms with Crippen LogP contribution in [0.25, 0.3) is 0 Å². The maximum absolute atomic E-state index is 12.3. The third kappa shape index (κ3) is 4.51. The number of rotatable bonds is 6. The molecular formula is C15H23NO4S. The Morgan fingerprint density at radius 3 is 2.76 bits per heavy atom. The second-order valence-corrected chi connectivity index (χ2v) is 7.17. The fraction of sp³-hybridized carbons (Fsp3) is 0.600. The monoisotopic (exact) mass is 313 g/mol. The summed E-state index contributed by atoms with van der Waals surface area (Å²) in [5, 5.41) is 9.82. The molecule has 1 aliphatic heterocycles. The lowest BCUT2D eigenvalue weighted by Gasteiger charge is -2.22. The Labute approximate surface area is 126 Å². The Kier molecular flexibility index (Phi) is 5.75. The van der Waals surface area contributed by atoms with Gasteiger partial charge in [-0.3, -0.25) is 0 Å². The molecule has 1 aromatic carbocycles. The summed E-state index contributed by atoms with van der Waals surface area (Å²) in [6, 6.07) is 6.50. The fourth-order valence-corrected chi connectivity index (χ4v) is 3.56. The second-order valence-electron chi connectivity index (χ2n) is 5.40. The molecule has 1 aromatic rings. The van der Waals surface area contributed by atoms with Crippen LogP contribution in [0.1, 0.15) is 37.9 Å². The Hall–Kier alpha value is -0.950. The van der Waals surface area contributed by atoms with Gasteiger partial charge in [0.05, 0.1) is 11.0 Å². The third-order valence-corrected chi connectivity index (χ3v) is 5.26. The van der Waals surface area contributed by atoms with Gasteiger partial charge in [0, 0.05) is 19.8 Å². The zero-order chi connectivity index (χ0) is 15.3. The van der Waals surface area contributed by atoms with E-state index in [0.717, 1.165) is 12.8 Å². The van der Waals surface area contributed by atoms with Gasteiger partial charge >= 0.3 is 0 Å². The van der Waals surface area contributed by atoms with Gasteiger partial charge in [-0.25, -0.2) is 13.1 Å². The van der Waals surface area contributed by atoms with E-state index in [2.05, 4.69) is 4.72 Å². The molecule has 0 saturated carbocycles. The normalized spacial score (nSPS) is 18.6. The van der Waals surface area contributed by atoms with Crippen LogP contribution in [0.15, 0.2) is 29.2 Å². The topological polar surface area (TPSA) is 75.6 Å². The highest BCUT2D eigenvalue weighted by Gasteiger charge is 2.19. The van der Waals surface area contributed by atoms with Crippen molar-refractivity contribution in [3.63, 3.8) is 0 Å². The van der Waals surface area contributed by atoms with Gasteiger partial charge in [0.15, 0.2) is 0 Å². The summed E-state index contributed by atoms with van der Waals surface area (Å²) in [7, 11) is -3.53. The molecule has 1 heterocycles. The number of ether oxygens (including phenoxy) is 1. The quantitative estimate of drug-likeness (QED) is 0.840. The van der Waals surface area contributed by atoms with Crippen molar-refractivity contribution in [2.24, 2.45) is 5.92 Å². The van der Waals surface area contributed by atoms with Crippen LogP contribution in [0.2, 0.25) is 0 Å². The first kappa shape index (κ1) is 16.4. The lowest BCUT2D eigenvalue weighted by molar-refractivity contribution is 0.0678. The molecule has 2 rings (SSSR count). The van der Waals surface area contributed by atoms with Crippen molar-refractivity contribution < 1.29 is 18.3 Å².